The summed E-state index contributed by atoms with van der Waals surface area (Å²) >= 11 is 2.79. The number of amides is 1. The van der Waals surface area contributed by atoms with Gasteiger partial charge in [-0.2, -0.15) is 10.0 Å². The SMILES string of the molecule is CSC1=NN2C(=N)/C(=C/c3cc(C)n(-c4ccccc4)c3C)C(=O)N=C2S1. The molecule has 0 bridgehead atoms. The van der Waals surface area contributed by atoms with E-state index in [1.807, 2.05) is 56.5 Å². The quantitative estimate of drug-likeness (QED) is 0.779. The minimum absolute atomic E-state index is 0.0612. The molecule has 2 aliphatic rings. The third-order valence-corrected chi connectivity index (χ3v) is 6.28. The van der Waals surface area contributed by atoms with Gasteiger partial charge in [0, 0.05) is 17.1 Å². The first-order valence-electron chi connectivity index (χ1n) is 8.28. The molecule has 1 aromatic heterocycles. The molecule has 1 aromatic carbocycles. The lowest BCUT2D eigenvalue weighted by molar-refractivity contribution is -0.114. The van der Waals surface area contributed by atoms with Crippen molar-refractivity contribution in [2.24, 2.45) is 10.1 Å². The van der Waals surface area contributed by atoms with E-state index in [1.165, 1.54) is 28.5 Å². The van der Waals surface area contributed by atoms with Crippen LogP contribution in [0.3, 0.4) is 0 Å². The Kier molecular flexibility index (Phi) is 4.53. The van der Waals surface area contributed by atoms with Gasteiger partial charge < -0.3 is 4.57 Å². The number of amidine groups is 2. The molecule has 0 aliphatic carbocycles. The molecule has 6 nitrogen and oxygen atoms in total. The van der Waals surface area contributed by atoms with Crippen molar-refractivity contribution in [3.63, 3.8) is 0 Å². The molecular weight excluding hydrogens is 378 g/mol. The van der Waals surface area contributed by atoms with E-state index in [-0.39, 0.29) is 11.4 Å². The number of aryl methyl sites for hydroxylation is 1. The summed E-state index contributed by atoms with van der Waals surface area (Å²) in [6.07, 6.45) is 3.65. The number of nitrogens with one attached hydrogen (secondary N) is 1. The lowest BCUT2D eigenvalue weighted by atomic mass is 10.1. The molecular formula is C19H17N5OS2. The second kappa shape index (κ2) is 6.86. The molecule has 0 saturated carbocycles. The number of aromatic nitrogens is 1. The Bertz CT molecular complexity index is 1050. The molecule has 1 N–H and O–H groups in total. The maximum absolute atomic E-state index is 12.5. The molecule has 2 aliphatic heterocycles. The molecule has 4 rings (SSSR count). The van der Waals surface area contributed by atoms with E-state index in [9.17, 15) is 4.79 Å². The van der Waals surface area contributed by atoms with Gasteiger partial charge in [0.1, 0.15) is 0 Å². The van der Waals surface area contributed by atoms with Crippen LogP contribution in [0.5, 0.6) is 0 Å². The Labute approximate surface area is 165 Å². The maximum Gasteiger partial charge on any atom is 0.283 e. The van der Waals surface area contributed by atoms with Crippen LogP contribution < -0.4 is 0 Å². The highest BCUT2D eigenvalue weighted by molar-refractivity contribution is 8.45. The van der Waals surface area contributed by atoms with Gasteiger partial charge in [-0.25, -0.2) is 0 Å². The van der Waals surface area contributed by atoms with Crippen LogP contribution in [0.2, 0.25) is 0 Å². The number of hydrazone groups is 1. The van der Waals surface area contributed by atoms with Crippen molar-refractivity contribution in [3.05, 3.63) is 58.9 Å². The van der Waals surface area contributed by atoms with Crippen LogP contribution in [-0.2, 0) is 4.79 Å². The Hall–Kier alpha value is -2.58. The van der Waals surface area contributed by atoms with Crippen molar-refractivity contribution in [1.29, 1.82) is 5.41 Å². The number of para-hydroxylation sites is 1. The highest BCUT2D eigenvalue weighted by Crippen LogP contribution is 2.32. The first kappa shape index (κ1) is 17.8. The Morgan fingerprint density at radius 1 is 1.22 bits per heavy atom. The molecule has 0 unspecified atom stereocenters. The summed E-state index contributed by atoms with van der Waals surface area (Å²) in [7, 11) is 0. The van der Waals surface area contributed by atoms with Crippen LogP contribution in [0.15, 0.2) is 52.1 Å². The predicted molar refractivity (Wildman–Crippen MR) is 114 cm³/mol. The van der Waals surface area contributed by atoms with Crippen LogP contribution in [0, 0.1) is 19.3 Å². The standard InChI is InChI=1S/C19H17N5OS2/c1-11-9-13(12(2)23(11)14-7-5-4-6-8-14)10-15-16(20)24-18(21-17(15)25)27-19(22-24)26-3/h4-10,20H,1-3H3/b15-10-,20-16?. The topological polar surface area (TPSA) is 73.8 Å². The van der Waals surface area contributed by atoms with E-state index < -0.39 is 5.91 Å². The van der Waals surface area contributed by atoms with E-state index in [1.54, 1.807) is 6.08 Å². The van der Waals surface area contributed by atoms with Crippen molar-refractivity contribution in [2.75, 3.05) is 6.26 Å². The predicted octanol–water partition coefficient (Wildman–Crippen LogP) is 4.03. The van der Waals surface area contributed by atoms with Crippen molar-refractivity contribution >= 4 is 50.9 Å². The fourth-order valence-corrected chi connectivity index (χ4v) is 4.47. The average Bonchev–Trinajstić information content (AvgIpc) is 3.20. The van der Waals surface area contributed by atoms with E-state index in [0.29, 0.717) is 5.17 Å². The number of aliphatic imine (C=N–C) groups is 1. The fraction of sp³-hybridized carbons (Fsp3) is 0.158. The first-order valence-corrected chi connectivity index (χ1v) is 10.3. The third-order valence-electron chi connectivity index (χ3n) is 4.40. The molecule has 8 heteroatoms. The van der Waals surface area contributed by atoms with Gasteiger partial charge in [0.15, 0.2) is 10.2 Å². The molecule has 27 heavy (non-hydrogen) atoms. The Morgan fingerprint density at radius 2 is 1.96 bits per heavy atom. The minimum atomic E-state index is -0.402. The molecule has 136 valence electrons. The van der Waals surface area contributed by atoms with Gasteiger partial charge in [-0.15, -0.1) is 16.9 Å². The molecule has 0 atom stereocenters. The summed E-state index contributed by atoms with van der Waals surface area (Å²) in [6.45, 7) is 4.03. The van der Waals surface area contributed by atoms with Gasteiger partial charge in [-0.3, -0.25) is 10.2 Å². The van der Waals surface area contributed by atoms with Crippen molar-refractivity contribution in [3.8, 4) is 5.69 Å². The molecule has 0 fully saturated rings. The van der Waals surface area contributed by atoms with E-state index in [2.05, 4.69) is 14.7 Å². The average molecular weight is 396 g/mol. The van der Waals surface area contributed by atoms with Crippen LogP contribution in [-0.4, -0.2) is 37.1 Å². The van der Waals surface area contributed by atoms with E-state index in [0.717, 1.165) is 27.0 Å². The number of fused-ring (bicyclic) bond motifs is 1. The number of nitrogens with zero attached hydrogens (tertiary/aromatic N) is 4. The third kappa shape index (κ3) is 3.04. The molecule has 0 saturated heterocycles. The molecule has 1 amide bonds. The zero-order valence-electron chi connectivity index (χ0n) is 15.1. The number of benzene rings is 1. The van der Waals surface area contributed by atoms with Gasteiger partial charge in [0.25, 0.3) is 5.91 Å². The Balaban J connectivity index is 1.76. The lowest BCUT2D eigenvalue weighted by Crippen LogP contribution is -2.35. The van der Waals surface area contributed by atoms with Crippen molar-refractivity contribution in [2.45, 2.75) is 13.8 Å². The van der Waals surface area contributed by atoms with Gasteiger partial charge >= 0.3 is 0 Å². The first-order chi connectivity index (χ1) is 13.0. The molecule has 3 heterocycles. The number of rotatable bonds is 2. The summed E-state index contributed by atoms with van der Waals surface area (Å²) in [4.78, 5) is 16.6. The smallest absolute Gasteiger partial charge is 0.283 e. The van der Waals surface area contributed by atoms with Crippen LogP contribution in [0.1, 0.15) is 17.0 Å². The van der Waals surface area contributed by atoms with Crippen molar-refractivity contribution in [1.82, 2.24) is 9.58 Å². The summed E-state index contributed by atoms with van der Waals surface area (Å²) in [5.41, 5.74) is 4.27. The lowest BCUT2D eigenvalue weighted by Gasteiger charge is -2.20. The maximum atomic E-state index is 12.5. The molecule has 2 aromatic rings. The van der Waals surface area contributed by atoms with Crippen molar-refractivity contribution < 1.29 is 4.79 Å². The highest BCUT2D eigenvalue weighted by atomic mass is 32.2. The zero-order valence-corrected chi connectivity index (χ0v) is 16.7. The molecule has 0 radical (unpaired) electrons. The van der Waals surface area contributed by atoms with Gasteiger partial charge in [0.05, 0.1) is 5.57 Å². The van der Waals surface area contributed by atoms with E-state index in [4.69, 9.17) is 5.41 Å². The summed E-state index contributed by atoms with van der Waals surface area (Å²) in [5.74, 6) is -0.341. The number of carbonyl (C=O) groups excluding carboxylic acids is 1. The monoisotopic (exact) mass is 395 g/mol. The van der Waals surface area contributed by atoms with Crippen LogP contribution >= 0.6 is 23.5 Å². The number of carbonyl (C=O) groups is 1. The minimum Gasteiger partial charge on any atom is -0.318 e. The van der Waals surface area contributed by atoms with Gasteiger partial charge in [0.2, 0.25) is 5.17 Å². The number of hydrogen-bond acceptors (Lipinski definition) is 5. The second-order valence-electron chi connectivity index (χ2n) is 6.09. The largest absolute Gasteiger partial charge is 0.318 e. The van der Waals surface area contributed by atoms with Gasteiger partial charge in [-0.05, 0) is 61.7 Å². The van der Waals surface area contributed by atoms with Crippen LogP contribution in [0.25, 0.3) is 11.8 Å². The fourth-order valence-electron chi connectivity index (χ4n) is 3.12. The number of hydrogen-bond donors (Lipinski definition) is 1. The zero-order chi connectivity index (χ0) is 19.1. The Morgan fingerprint density at radius 3 is 2.67 bits per heavy atom. The normalized spacial score (nSPS) is 18.0. The summed E-state index contributed by atoms with van der Waals surface area (Å²) < 4.78 is 2.91. The number of thioether (sulfide) groups is 2. The highest BCUT2D eigenvalue weighted by Gasteiger charge is 2.35. The molecule has 0 spiro atoms. The summed E-state index contributed by atoms with van der Waals surface area (Å²) in [6, 6.07) is 12.1. The second-order valence-corrected chi connectivity index (χ2v) is 8.10. The summed E-state index contributed by atoms with van der Waals surface area (Å²) in [5, 5.41) is 14.7. The van der Waals surface area contributed by atoms with Gasteiger partial charge in [-0.1, -0.05) is 18.2 Å². The van der Waals surface area contributed by atoms with Crippen LogP contribution in [0.4, 0.5) is 0 Å². The van der Waals surface area contributed by atoms with E-state index >= 15 is 0 Å².